The van der Waals surface area contributed by atoms with E-state index in [1.807, 2.05) is 0 Å². The molecular weight excluding hydrogens is 542 g/mol. The molecule has 13 heteroatoms. The van der Waals surface area contributed by atoms with Crippen molar-refractivity contribution in [2.75, 3.05) is 37.7 Å². The van der Waals surface area contributed by atoms with Crippen LogP contribution in [0.4, 0.5) is 23.5 Å². The van der Waals surface area contributed by atoms with Crippen LogP contribution in [0.1, 0.15) is 31.2 Å². The summed E-state index contributed by atoms with van der Waals surface area (Å²) in [4.78, 5) is 23.8. The van der Waals surface area contributed by atoms with Gasteiger partial charge in [-0.15, -0.1) is 0 Å². The maximum absolute atomic E-state index is 14.6. The van der Waals surface area contributed by atoms with E-state index in [4.69, 9.17) is 22.1 Å². The van der Waals surface area contributed by atoms with Crippen LogP contribution in [0.2, 0.25) is 5.02 Å². The van der Waals surface area contributed by atoms with E-state index in [9.17, 15) is 27.5 Å². The number of nitrogens with zero attached hydrogens (tertiary/aromatic N) is 4. The van der Waals surface area contributed by atoms with Crippen LogP contribution in [-0.4, -0.2) is 76.0 Å². The van der Waals surface area contributed by atoms with Gasteiger partial charge in [0.1, 0.15) is 11.6 Å². The van der Waals surface area contributed by atoms with Crippen LogP contribution < -0.4 is 15.4 Å². The molecule has 3 heterocycles. The summed E-state index contributed by atoms with van der Waals surface area (Å²) in [5.41, 5.74) is 3.64. The van der Waals surface area contributed by atoms with E-state index in [2.05, 4.69) is 14.9 Å². The highest BCUT2D eigenvalue weighted by molar-refractivity contribution is 6.30. The quantitative estimate of drug-likeness (QED) is 0.468. The molecule has 3 aliphatic rings. The van der Waals surface area contributed by atoms with Gasteiger partial charge >= 0.3 is 6.18 Å². The first-order valence-electron chi connectivity index (χ1n) is 12.9. The Labute approximate surface area is 228 Å². The molecule has 2 saturated heterocycles. The third-order valence-corrected chi connectivity index (χ3v) is 8.43. The number of nitrogens with two attached hydrogens (primary N) is 1. The van der Waals surface area contributed by atoms with Crippen LogP contribution in [0.15, 0.2) is 30.6 Å². The second kappa shape index (κ2) is 10.4. The van der Waals surface area contributed by atoms with Gasteiger partial charge in [0.15, 0.2) is 5.60 Å². The molecule has 1 aromatic heterocycles. The average Bonchev–Trinajstić information content (AvgIpc) is 3.54. The highest BCUT2D eigenvalue weighted by Crippen LogP contribution is 2.52. The number of benzene rings is 1. The van der Waals surface area contributed by atoms with E-state index in [1.165, 1.54) is 18.2 Å². The summed E-state index contributed by atoms with van der Waals surface area (Å²) < 4.78 is 58.5. The molecule has 5 rings (SSSR count). The Hall–Kier alpha value is -2.70. The number of anilines is 1. The van der Waals surface area contributed by atoms with E-state index < -0.39 is 43.0 Å². The smallest absolute Gasteiger partial charge is 0.420 e. The van der Waals surface area contributed by atoms with Gasteiger partial charge in [-0.1, -0.05) is 17.7 Å². The molecular formula is C26H30ClF4N5O3. The van der Waals surface area contributed by atoms with Crippen molar-refractivity contribution in [3.63, 3.8) is 0 Å². The van der Waals surface area contributed by atoms with Crippen molar-refractivity contribution in [2.24, 2.45) is 17.6 Å². The summed E-state index contributed by atoms with van der Waals surface area (Å²) in [6.07, 6.45) is 1.49. The SMILES string of the molecule is N[C@]1(C2CCN(c3ncc(Cl)cn3)CC2)C[C@H]1CCOc1ccc(CC(=O)N2CC(O)(C(F)(F)F)C2)c(F)c1. The molecule has 2 aliphatic heterocycles. The molecule has 3 N–H and O–H groups in total. The van der Waals surface area contributed by atoms with E-state index in [0.29, 0.717) is 35.2 Å². The number of ether oxygens (including phenoxy) is 1. The third-order valence-electron chi connectivity index (χ3n) is 8.23. The minimum absolute atomic E-state index is 0.0494. The Bertz CT molecular complexity index is 1200. The summed E-state index contributed by atoms with van der Waals surface area (Å²) in [7, 11) is 0. The van der Waals surface area contributed by atoms with Crippen LogP contribution in [0.3, 0.4) is 0 Å². The first-order valence-corrected chi connectivity index (χ1v) is 13.3. The highest BCUT2D eigenvalue weighted by Gasteiger charge is 2.62. The second-order valence-corrected chi connectivity index (χ2v) is 11.3. The molecule has 0 spiro atoms. The number of hydrogen-bond acceptors (Lipinski definition) is 7. The van der Waals surface area contributed by atoms with Gasteiger partial charge < -0.3 is 25.4 Å². The van der Waals surface area contributed by atoms with Gasteiger partial charge in [-0.2, -0.15) is 13.2 Å². The van der Waals surface area contributed by atoms with Crippen molar-refractivity contribution in [1.29, 1.82) is 0 Å². The fourth-order valence-corrected chi connectivity index (χ4v) is 5.72. The van der Waals surface area contributed by atoms with Crippen molar-refractivity contribution >= 4 is 23.5 Å². The molecule has 1 aromatic carbocycles. The lowest BCUT2D eigenvalue weighted by Gasteiger charge is -2.46. The number of piperidine rings is 1. The van der Waals surface area contributed by atoms with Gasteiger partial charge in [0.05, 0.1) is 43.5 Å². The Morgan fingerprint density at radius 1 is 1.21 bits per heavy atom. The molecule has 1 aliphatic carbocycles. The molecule has 212 valence electrons. The summed E-state index contributed by atoms with van der Waals surface area (Å²) >= 11 is 5.87. The van der Waals surface area contributed by atoms with Crippen molar-refractivity contribution in [2.45, 2.75) is 49.4 Å². The lowest BCUT2D eigenvalue weighted by molar-refractivity contribution is -0.297. The predicted octanol–water partition coefficient (Wildman–Crippen LogP) is 3.35. The van der Waals surface area contributed by atoms with Gasteiger partial charge in [-0.25, -0.2) is 14.4 Å². The molecule has 0 bridgehead atoms. The minimum atomic E-state index is -4.82. The predicted molar refractivity (Wildman–Crippen MR) is 135 cm³/mol. The summed E-state index contributed by atoms with van der Waals surface area (Å²) in [5, 5.41) is 9.99. The standard InChI is InChI=1S/C26H30ClF4N5O3/c27-19-12-33-23(34-13-19)35-6-3-17(4-7-35)25(32)11-18(25)5-8-39-20-2-1-16(21(28)10-20)9-22(37)36-14-24(38,15-36)26(29,30)31/h1-2,10,12-13,17-18,38H,3-9,11,14-15,32H2/t18-,25+/m1/s1. The summed E-state index contributed by atoms with van der Waals surface area (Å²) in [5.74, 6) is 0.313. The maximum atomic E-state index is 14.6. The van der Waals surface area contributed by atoms with E-state index in [-0.39, 0.29) is 11.1 Å². The molecule has 3 fully saturated rings. The number of amides is 1. The average molecular weight is 572 g/mol. The number of likely N-dealkylation sites (tertiary alicyclic amines) is 1. The summed E-state index contributed by atoms with van der Waals surface area (Å²) in [6, 6.07) is 4.09. The van der Waals surface area contributed by atoms with Crippen LogP contribution in [0.5, 0.6) is 5.75 Å². The highest BCUT2D eigenvalue weighted by atomic mass is 35.5. The summed E-state index contributed by atoms with van der Waals surface area (Å²) in [6.45, 7) is 0.311. The Morgan fingerprint density at radius 2 is 1.87 bits per heavy atom. The number of alkyl halides is 3. The molecule has 39 heavy (non-hydrogen) atoms. The van der Waals surface area contributed by atoms with Crippen LogP contribution >= 0.6 is 11.6 Å². The van der Waals surface area contributed by atoms with Gasteiger partial charge in [0.25, 0.3) is 0 Å². The van der Waals surface area contributed by atoms with Crippen LogP contribution in [0, 0.1) is 17.7 Å². The van der Waals surface area contributed by atoms with Gasteiger partial charge in [-0.05, 0) is 49.1 Å². The van der Waals surface area contributed by atoms with Crippen LogP contribution in [0.25, 0.3) is 0 Å². The van der Waals surface area contributed by atoms with Crippen molar-refractivity contribution in [3.05, 3.63) is 47.0 Å². The molecule has 0 radical (unpaired) electrons. The zero-order valence-corrected chi connectivity index (χ0v) is 21.9. The lowest BCUT2D eigenvalue weighted by atomic mass is 9.86. The van der Waals surface area contributed by atoms with Crippen LogP contribution in [-0.2, 0) is 11.2 Å². The maximum Gasteiger partial charge on any atom is 0.420 e. The monoisotopic (exact) mass is 571 g/mol. The normalized spacial score (nSPS) is 24.8. The second-order valence-electron chi connectivity index (χ2n) is 10.8. The molecule has 1 saturated carbocycles. The number of carbonyl (C=O) groups is 1. The molecule has 8 nitrogen and oxygen atoms in total. The first-order chi connectivity index (χ1) is 18.4. The van der Waals surface area contributed by atoms with Crippen molar-refractivity contribution in [3.8, 4) is 5.75 Å². The first kappa shape index (κ1) is 27.9. The zero-order chi connectivity index (χ0) is 28.0. The Morgan fingerprint density at radius 3 is 2.49 bits per heavy atom. The number of aromatic nitrogens is 2. The Balaban J connectivity index is 1.04. The number of carbonyl (C=O) groups excluding carboxylic acids is 1. The topological polar surface area (TPSA) is 105 Å². The fraction of sp³-hybridized carbons (Fsp3) is 0.577. The van der Waals surface area contributed by atoms with Crippen molar-refractivity contribution < 1.29 is 32.2 Å². The van der Waals surface area contributed by atoms with E-state index in [0.717, 1.165) is 43.7 Å². The molecule has 2 aromatic rings. The Kier molecular flexibility index (Phi) is 7.40. The molecule has 2 atom stereocenters. The number of β-amino-alcohol motifs (C(OH)–C–C–N with tert-alkyl or cyclic N) is 1. The van der Waals surface area contributed by atoms with Crippen molar-refractivity contribution in [1.82, 2.24) is 14.9 Å². The molecule has 0 unspecified atom stereocenters. The largest absolute Gasteiger partial charge is 0.493 e. The third kappa shape index (κ3) is 5.78. The van der Waals surface area contributed by atoms with Gasteiger partial charge in [-0.3, -0.25) is 4.79 Å². The van der Waals surface area contributed by atoms with E-state index >= 15 is 0 Å². The fourth-order valence-electron chi connectivity index (χ4n) is 5.62. The number of halogens is 5. The van der Waals surface area contributed by atoms with E-state index in [1.54, 1.807) is 12.4 Å². The van der Waals surface area contributed by atoms with Gasteiger partial charge in [0.2, 0.25) is 11.9 Å². The minimum Gasteiger partial charge on any atom is -0.493 e. The number of hydrogen-bond donors (Lipinski definition) is 2. The number of rotatable bonds is 8. The lowest BCUT2D eigenvalue weighted by Crippen LogP contribution is -2.70. The molecule has 1 amide bonds. The van der Waals surface area contributed by atoms with Gasteiger partial charge in [0, 0.05) is 24.7 Å². The number of aliphatic hydroxyl groups is 1. The zero-order valence-electron chi connectivity index (χ0n) is 21.1.